The number of fused-ring (bicyclic) bond motifs is 1. The van der Waals surface area contributed by atoms with E-state index in [-0.39, 0.29) is 0 Å². The Morgan fingerprint density at radius 1 is 1.41 bits per heavy atom. The first-order chi connectivity index (χ1) is 8.34. The average molecular weight is 261 g/mol. The lowest BCUT2D eigenvalue weighted by atomic mass is 10.2. The van der Waals surface area contributed by atoms with Crippen molar-refractivity contribution < 1.29 is 0 Å². The van der Waals surface area contributed by atoms with Gasteiger partial charge in [0.25, 0.3) is 0 Å². The van der Waals surface area contributed by atoms with Crippen LogP contribution in [0.5, 0.6) is 0 Å². The van der Waals surface area contributed by atoms with E-state index in [0.717, 1.165) is 28.9 Å². The molecule has 0 spiro atoms. The van der Waals surface area contributed by atoms with E-state index in [2.05, 4.69) is 31.4 Å². The molecule has 0 saturated carbocycles. The Balaban J connectivity index is 1.94. The molecule has 0 saturated heterocycles. The third kappa shape index (κ3) is 2.03. The maximum Gasteiger partial charge on any atom is 0.179 e. The maximum atomic E-state index is 5.32. The van der Waals surface area contributed by atoms with E-state index in [1.807, 2.05) is 12.1 Å². The molecule has 0 aliphatic heterocycles. The van der Waals surface area contributed by atoms with Crippen molar-refractivity contribution in [3.8, 4) is 0 Å². The third-order valence-corrected chi connectivity index (χ3v) is 3.79. The zero-order valence-corrected chi connectivity index (χ0v) is 10.7. The second-order valence-electron chi connectivity index (χ2n) is 3.84. The summed E-state index contributed by atoms with van der Waals surface area (Å²) in [5, 5.41) is 4.27. The van der Waals surface area contributed by atoms with Crippen LogP contribution in [-0.4, -0.2) is 14.5 Å². The van der Waals surface area contributed by atoms with Gasteiger partial charge in [-0.15, -0.1) is 0 Å². The van der Waals surface area contributed by atoms with Gasteiger partial charge >= 0.3 is 0 Å². The highest BCUT2D eigenvalue weighted by atomic mass is 32.1. The summed E-state index contributed by atoms with van der Waals surface area (Å²) in [4.78, 5) is 7.54. The molecule has 0 radical (unpaired) electrons. The van der Waals surface area contributed by atoms with Crippen LogP contribution in [0.2, 0.25) is 0 Å². The van der Waals surface area contributed by atoms with Gasteiger partial charge in [0, 0.05) is 12.7 Å². The summed E-state index contributed by atoms with van der Waals surface area (Å²) in [6.07, 6.45) is 2.79. The van der Waals surface area contributed by atoms with Crippen molar-refractivity contribution in [3.05, 3.63) is 45.5 Å². The van der Waals surface area contributed by atoms with Crippen molar-refractivity contribution >= 4 is 34.7 Å². The monoisotopic (exact) mass is 261 g/mol. The van der Waals surface area contributed by atoms with Crippen LogP contribution in [-0.2, 0) is 13.0 Å². The number of imidazole rings is 1. The number of rotatable bonds is 3. The van der Waals surface area contributed by atoms with E-state index < -0.39 is 0 Å². The van der Waals surface area contributed by atoms with Crippen molar-refractivity contribution in [2.24, 2.45) is 0 Å². The van der Waals surface area contributed by atoms with Gasteiger partial charge in [0.15, 0.2) is 10.4 Å². The maximum absolute atomic E-state index is 5.32. The summed E-state index contributed by atoms with van der Waals surface area (Å²) in [7, 11) is 0. The fraction of sp³-hybridized carbons (Fsp3) is 0.167. The lowest BCUT2D eigenvalue weighted by Gasteiger charge is -2.02. The molecule has 0 atom stereocenters. The van der Waals surface area contributed by atoms with Crippen LogP contribution in [0.1, 0.15) is 5.56 Å². The predicted octanol–water partition coefficient (Wildman–Crippen LogP) is 3.40. The zero-order valence-electron chi connectivity index (χ0n) is 9.09. The van der Waals surface area contributed by atoms with E-state index in [1.165, 1.54) is 5.56 Å². The Morgan fingerprint density at radius 2 is 2.35 bits per heavy atom. The molecule has 0 amide bonds. The summed E-state index contributed by atoms with van der Waals surface area (Å²) in [6, 6.07) is 6.06. The molecule has 0 bridgehead atoms. The summed E-state index contributed by atoms with van der Waals surface area (Å²) in [5.41, 5.74) is 3.29. The van der Waals surface area contributed by atoms with Gasteiger partial charge < -0.3 is 9.55 Å². The first kappa shape index (κ1) is 10.7. The molecule has 5 heteroatoms. The molecule has 3 aromatic rings. The fourth-order valence-corrected chi connectivity index (χ4v) is 2.86. The molecule has 3 heterocycles. The summed E-state index contributed by atoms with van der Waals surface area (Å²) >= 11 is 7.04. The van der Waals surface area contributed by atoms with Crippen molar-refractivity contribution in [1.82, 2.24) is 14.5 Å². The van der Waals surface area contributed by atoms with Gasteiger partial charge in [0.1, 0.15) is 0 Å². The molecule has 3 rings (SSSR count). The predicted molar refractivity (Wildman–Crippen MR) is 72.9 cm³/mol. The molecule has 3 aromatic heterocycles. The van der Waals surface area contributed by atoms with Gasteiger partial charge in [0.05, 0.1) is 5.52 Å². The van der Waals surface area contributed by atoms with Crippen LogP contribution >= 0.6 is 23.6 Å². The number of aromatic nitrogens is 3. The molecule has 0 aromatic carbocycles. The normalized spacial score (nSPS) is 11.1. The second kappa shape index (κ2) is 4.43. The standard InChI is InChI=1S/C12H11N3S2/c16-12-14-10-2-1-5-13-11(10)15(12)6-3-9-4-7-17-8-9/h1-2,4-5,7-8H,3,6H2,(H,14,16). The molecule has 17 heavy (non-hydrogen) atoms. The molecule has 0 aliphatic rings. The number of hydrogen-bond acceptors (Lipinski definition) is 3. The summed E-state index contributed by atoms with van der Waals surface area (Å²) in [6.45, 7) is 0.868. The van der Waals surface area contributed by atoms with Crippen LogP contribution in [0.15, 0.2) is 35.2 Å². The number of H-pyrrole nitrogens is 1. The Morgan fingerprint density at radius 3 is 3.18 bits per heavy atom. The first-order valence-electron chi connectivity index (χ1n) is 5.39. The van der Waals surface area contributed by atoms with Crippen LogP contribution in [0.3, 0.4) is 0 Å². The van der Waals surface area contributed by atoms with Crippen LogP contribution < -0.4 is 0 Å². The Labute approximate surface area is 108 Å². The number of thiophene rings is 1. The summed E-state index contributed by atoms with van der Waals surface area (Å²) in [5.74, 6) is 0. The highest BCUT2D eigenvalue weighted by Crippen LogP contribution is 2.13. The summed E-state index contributed by atoms with van der Waals surface area (Å²) < 4.78 is 2.80. The van der Waals surface area contributed by atoms with E-state index in [4.69, 9.17) is 12.2 Å². The van der Waals surface area contributed by atoms with Gasteiger partial charge in [-0.25, -0.2) is 4.98 Å². The Hall–Kier alpha value is -1.46. The van der Waals surface area contributed by atoms with Gasteiger partial charge in [-0.05, 0) is 53.2 Å². The molecular formula is C12H11N3S2. The van der Waals surface area contributed by atoms with E-state index in [1.54, 1.807) is 17.5 Å². The van der Waals surface area contributed by atoms with Crippen LogP contribution in [0, 0.1) is 4.77 Å². The number of hydrogen-bond donors (Lipinski definition) is 1. The number of aryl methyl sites for hydroxylation is 2. The van der Waals surface area contributed by atoms with E-state index in [0.29, 0.717) is 0 Å². The SMILES string of the molecule is S=c1[nH]c2cccnc2n1CCc1ccsc1. The van der Waals surface area contributed by atoms with E-state index >= 15 is 0 Å². The number of aromatic amines is 1. The number of nitrogens with one attached hydrogen (secondary N) is 1. The highest BCUT2D eigenvalue weighted by molar-refractivity contribution is 7.71. The van der Waals surface area contributed by atoms with Crippen molar-refractivity contribution in [2.75, 3.05) is 0 Å². The van der Waals surface area contributed by atoms with Crippen LogP contribution in [0.25, 0.3) is 11.2 Å². The minimum atomic E-state index is 0.744. The van der Waals surface area contributed by atoms with Crippen LogP contribution in [0.4, 0.5) is 0 Å². The molecule has 3 nitrogen and oxygen atoms in total. The lowest BCUT2D eigenvalue weighted by Crippen LogP contribution is -2.01. The fourth-order valence-electron chi connectivity index (χ4n) is 1.87. The topological polar surface area (TPSA) is 33.6 Å². The number of pyridine rings is 1. The van der Waals surface area contributed by atoms with Gasteiger partial charge in [-0.1, -0.05) is 0 Å². The van der Waals surface area contributed by atoms with E-state index in [9.17, 15) is 0 Å². The molecule has 86 valence electrons. The third-order valence-electron chi connectivity index (χ3n) is 2.73. The van der Waals surface area contributed by atoms with Gasteiger partial charge in [-0.2, -0.15) is 11.3 Å². The molecule has 0 aliphatic carbocycles. The molecule has 0 unspecified atom stereocenters. The largest absolute Gasteiger partial charge is 0.329 e. The smallest absolute Gasteiger partial charge is 0.179 e. The Kier molecular flexibility index (Phi) is 2.78. The first-order valence-corrected chi connectivity index (χ1v) is 6.74. The molecular weight excluding hydrogens is 250 g/mol. The average Bonchev–Trinajstić information content (AvgIpc) is 2.93. The lowest BCUT2D eigenvalue weighted by molar-refractivity contribution is 0.702. The van der Waals surface area contributed by atoms with Crippen molar-refractivity contribution in [3.63, 3.8) is 0 Å². The highest BCUT2D eigenvalue weighted by Gasteiger charge is 2.04. The quantitative estimate of drug-likeness (QED) is 0.733. The minimum absolute atomic E-state index is 0.744. The van der Waals surface area contributed by atoms with Gasteiger partial charge in [0.2, 0.25) is 0 Å². The number of nitrogens with zero attached hydrogens (tertiary/aromatic N) is 2. The minimum Gasteiger partial charge on any atom is -0.329 e. The molecule has 0 fully saturated rings. The zero-order chi connectivity index (χ0) is 11.7. The second-order valence-corrected chi connectivity index (χ2v) is 5.00. The van der Waals surface area contributed by atoms with Crippen molar-refractivity contribution in [1.29, 1.82) is 0 Å². The molecule has 1 N–H and O–H groups in total. The van der Waals surface area contributed by atoms with Gasteiger partial charge in [-0.3, -0.25) is 0 Å². The van der Waals surface area contributed by atoms with Crippen molar-refractivity contribution in [2.45, 2.75) is 13.0 Å². The Bertz CT molecular complexity index is 679.